The molecule has 3 N–H and O–H groups in total. The van der Waals surface area contributed by atoms with E-state index in [0.717, 1.165) is 19.3 Å². The highest BCUT2D eigenvalue weighted by atomic mass is 16.3. The lowest BCUT2D eigenvalue weighted by atomic mass is 9.82. The quantitative estimate of drug-likeness (QED) is 0.674. The zero-order valence-electron chi connectivity index (χ0n) is 9.28. The summed E-state index contributed by atoms with van der Waals surface area (Å²) >= 11 is 0. The van der Waals surface area contributed by atoms with Gasteiger partial charge in [0.25, 0.3) is 0 Å². The van der Waals surface area contributed by atoms with E-state index in [1.54, 1.807) is 0 Å². The van der Waals surface area contributed by atoms with Crippen molar-refractivity contribution in [3.63, 3.8) is 0 Å². The van der Waals surface area contributed by atoms with Gasteiger partial charge in [-0.15, -0.1) is 0 Å². The van der Waals surface area contributed by atoms with Gasteiger partial charge in [-0.2, -0.15) is 0 Å². The molecule has 1 amide bonds. The van der Waals surface area contributed by atoms with Gasteiger partial charge in [0.15, 0.2) is 0 Å². The van der Waals surface area contributed by atoms with Gasteiger partial charge in [-0.25, -0.2) is 0 Å². The summed E-state index contributed by atoms with van der Waals surface area (Å²) in [6, 6.07) is 0.0122. The highest BCUT2D eigenvalue weighted by Crippen LogP contribution is 2.39. The number of aliphatic hydroxyl groups is 1. The number of hydrogen-bond acceptors (Lipinski definition) is 3. The van der Waals surface area contributed by atoms with Crippen molar-refractivity contribution in [1.29, 1.82) is 0 Å². The first-order chi connectivity index (χ1) is 7.08. The Morgan fingerprint density at radius 2 is 2.27 bits per heavy atom. The minimum absolute atomic E-state index is 0.0122. The van der Waals surface area contributed by atoms with Crippen LogP contribution in [0.1, 0.15) is 26.2 Å². The van der Waals surface area contributed by atoms with E-state index in [4.69, 9.17) is 10.8 Å². The molecular weight excluding hydrogens is 192 g/mol. The second-order valence-corrected chi connectivity index (χ2v) is 5.17. The van der Waals surface area contributed by atoms with Crippen LogP contribution in [-0.4, -0.2) is 41.7 Å². The molecule has 0 bridgehead atoms. The van der Waals surface area contributed by atoms with Crippen molar-refractivity contribution in [3.05, 3.63) is 0 Å². The van der Waals surface area contributed by atoms with E-state index in [-0.39, 0.29) is 29.9 Å². The van der Waals surface area contributed by atoms with Crippen molar-refractivity contribution in [2.75, 3.05) is 19.7 Å². The Morgan fingerprint density at radius 3 is 2.73 bits per heavy atom. The molecule has 2 rings (SSSR count). The minimum atomic E-state index is -0.347. The normalized spacial score (nSPS) is 36.7. The van der Waals surface area contributed by atoms with Gasteiger partial charge >= 0.3 is 0 Å². The molecule has 2 atom stereocenters. The van der Waals surface area contributed by atoms with E-state index in [9.17, 15) is 4.79 Å². The first-order valence-electron chi connectivity index (χ1n) is 5.73. The molecule has 15 heavy (non-hydrogen) atoms. The Hall–Kier alpha value is -0.610. The first kappa shape index (κ1) is 10.9. The van der Waals surface area contributed by atoms with Crippen molar-refractivity contribution < 1.29 is 9.90 Å². The summed E-state index contributed by atoms with van der Waals surface area (Å²) in [5.74, 6) is 0.479. The maximum absolute atomic E-state index is 12.2. The van der Waals surface area contributed by atoms with Crippen molar-refractivity contribution in [2.45, 2.75) is 32.2 Å². The third-order valence-electron chi connectivity index (χ3n) is 4.02. The number of carbonyl (C=O) groups excluding carboxylic acids is 1. The van der Waals surface area contributed by atoms with Crippen molar-refractivity contribution in [2.24, 2.45) is 17.1 Å². The van der Waals surface area contributed by atoms with Gasteiger partial charge < -0.3 is 15.7 Å². The van der Waals surface area contributed by atoms with Crippen LogP contribution in [0.15, 0.2) is 0 Å². The Bertz CT molecular complexity index is 263. The van der Waals surface area contributed by atoms with Crippen LogP contribution in [0.2, 0.25) is 0 Å². The summed E-state index contributed by atoms with van der Waals surface area (Å²) in [7, 11) is 0. The summed E-state index contributed by atoms with van der Waals surface area (Å²) in [5, 5.41) is 8.90. The van der Waals surface area contributed by atoms with Crippen LogP contribution in [0.3, 0.4) is 0 Å². The van der Waals surface area contributed by atoms with Crippen LogP contribution in [0.25, 0.3) is 0 Å². The molecule has 1 saturated carbocycles. The predicted molar refractivity (Wildman–Crippen MR) is 57.1 cm³/mol. The lowest BCUT2D eigenvalue weighted by Gasteiger charge is -2.43. The third kappa shape index (κ3) is 1.66. The van der Waals surface area contributed by atoms with Crippen LogP contribution >= 0.6 is 0 Å². The molecule has 0 aromatic rings. The standard InChI is InChI=1S/C11H20N2O2/c1-11(4-2-3-9(11)12)10(15)13-5-8(6-13)7-14/h8-9,14H,2-7,12H2,1H3. The van der Waals surface area contributed by atoms with Crippen LogP contribution in [0.4, 0.5) is 0 Å². The first-order valence-corrected chi connectivity index (χ1v) is 5.73. The van der Waals surface area contributed by atoms with Gasteiger partial charge in [0.1, 0.15) is 0 Å². The average molecular weight is 212 g/mol. The molecule has 1 aliphatic carbocycles. The highest BCUT2D eigenvalue weighted by Gasteiger charge is 2.47. The van der Waals surface area contributed by atoms with E-state index in [1.807, 2.05) is 11.8 Å². The van der Waals surface area contributed by atoms with Crippen LogP contribution in [-0.2, 0) is 4.79 Å². The van der Waals surface area contributed by atoms with E-state index >= 15 is 0 Å². The second kappa shape index (κ2) is 3.76. The Morgan fingerprint density at radius 1 is 1.60 bits per heavy atom. The lowest BCUT2D eigenvalue weighted by molar-refractivity contribution is -0.149. The largest absolute Gasteiger partial charge is 0.396 e. The number of carbonyl (C=O) groups is 1. The van der Waals surface area contributed by atoms with Crippen LogP contribution in [0, 0.1) is 11.3 Å². The molecule has 1 aliphatic heterocycles. The fraction of sp³-hybridized carbons (Fsp3) is 0.909. The lowest BCUT2D eigenvalue weighted by Crippen LogP contribution is -2.58. The summed E-state index contributed by atoms with van der Waals surface area (Å²) in [4.78, 5) is 14.0. The monoisotopic (exact) mass is 212 g/mol. The molecule has 2 fully saturated rings. The molecule has 4 heteroatoms. The zero-order valence-corrected chi connectivity index (χ0v) is 9.28. The topological polar surface area (TPSA) is 66.6 Å². The number of amides is 1. The van der Waals surface area contributed by atoms with Gasteiger partial charge in [0.05, 0.1) is 5.41 Å². The van der Waals surface area contributed by atoms with Crippen LogP contribution in [0.5, 0.6) is 0 Å². The molecule has 0 radical (unpaired) electrons. The molecule has 0 spiro atoms. The van der Waals surface area contributed by atoms with Gasteiger partial charge in [-0.05, 0) is 19.8 Å². The Labute approximate surface area is 90.4 Å². The molecule has 0 aromatic carbocycles. The summed E-state index contributed by atoms with van der Waals surface area (Å²) in [6.07, 6.45) is 2.92. The molecule has 2 aliphatic rings. The SMILES string of the molecule is CC1(C(=O)N2CC(CO)C2)CCCC1N. The predicted octanol–water partition coefficient (Wildman–Crippen LogP) is -0.0454. The molecule has 1 heterocycles. The van der Waals surface area contributed by atoms with E-state index in [1.165, 1.54) is 0 Å². The van der Waals surface area contributed by atoms with E-state index < -0.39 is 0 Å². The van der Waals surface area contributed by atoms with Crippen LogP contribution < -0.4 is 5.73 Å². The fourth-order valence-electron chi connectivity index (χ4n) is 2.67. The molecule has 2 unspecified atom stereocenters. The van der Waals surface area contributed by atoms with Crippen molar-refractivity contribution in [1.82, 2.24) is 4.90 Å². The molecule has 0 aromatic heterocycles. The minimum Gasteiger partial charge on any atom is -0.396 e. The number of nitrogens with two attached hydrogens (primary N) is 1. The molecule has 86 valence electrons. The number of hydrogen-bond donors (Lipinski definition) is 2. The zero-order chi connectivity index (χ0) is 11.1. The van der Waals surface area contributed by atoms with Crippen molar-refractivity contribution in [3.8, 4) is 0 Å². The molecule has 1 saturated heterocycles. The molecule has 4 nitrogen and oxygen atoms in total. The Kier molecular flexibility index (Phi) is 2.73. The van der Waals surface area contributed by atoms with Gasteiger partial charge in [-0.3, -0.25) is 4.79 Å². The van der Waals surface area contributed by atoms with Gasteiger partial charge in [0, 0.05) is 31.7 Å². The number of aliphatic hydroxyl groups excluding tert-OH is 1. The summed E-state index contributed by atoms with van der Waals surface area (Å²) in [6.45, 7) is 3.58. The highest BCUT2D eigenvalue weighted by molar-refractivity contribution is 5.84. The van der Waals surface area contributed by atoms with E-state index in [2.05, 4.69) is 0 Å². The maximum atomic E-state index is 12.2. The molecular formula is C11H20N2O2. The summed E-state index contributed by atoms with van der Waals surface area (Å²) < 4.78 is 0. The van der Waals surface area contributed by atoms with Crippen molar-refractivity contribution >= 4 is 5.91 Å². The summed E-state index contributed by atoms with van der Waals surface area (Å²) in [5.41, 5.74) is 5.65. The van der Waals surface area contributed by atoms with E-state index in [0.29, 0.717) is 13.1 Å². The third-order valence-corrected chi connectivity index (χ3v) is 4.02. The number of rotatable bonds is 2. The van der Waals surface area contributed by atoms with Gasteiger partial charge in [0.2, 0.25) is 5.91 Å². The second-order valence-electron chi connectivity index (χ2n) is 5.17. The average Bonchev–Trinajstić information content (AvgIpc) is 2.46. The number of likely N-dealkylation sites (tertiary alicyclic amines) is 1. The number of nitrogens with zero attached hydrogens (tertiary/aromatic N) is 1. The maximum Gasteiger partial charge on any atom is 0.230 e. The smallest absolute Gasteiger partial charge is 0.230 e. The van der Waals surface area contributed by atoms with Gasteiger partial charge in [-0.1, -0.05) is 6.42 Å². The fourth-order valence-corrected chi connectivity index (χ4v) is 2.67. The Balaban J connectivity index is 1.96.